The Hall–Kier alpha value is -0.480. The van der Waals surface area contributed by atoms with Crippen molar-refractivity contribution in [3.63, 3.8) is 0 Å². The molecule has 0 nitrogen and oxygen atoms in total. The second-order valence-corrected chi connectivity index (χ2v) is 6.54. The molecule has 0 N–H and O–H groups in total. The maximum Gasteiger partial charge on any atom is 0.391 e. The zero-order valence-electron chi connectivity index (χ0n) is 11.3. The molecule has 1 aliphatic rings. The van der Waals surface area contributed by atoms with E-state index in [1.54, 1.807) is 6.07 Å². The van der Waals surface area contributed by atoms with Crippen LogP contribution < -0.4 is 0 Å². The van der Waals surface area contributed by atoms with Gasteiger partial charge in [0, 0.05) is 16.0 Å². The summed E-state index contributed by atoms with van der Waals surface area (Å²) in [6.07, 6.45) is -2.84. The highest BCUT2D eigenvalue weighted by atomic mass is 35.5. The molecule has 2 rings (SSSR count). The zero-order valence-corrected chi connectivity index (χ0v) is 12.8. The van der Waals surface area contributed by atoms with Crippen LogP contribution in [0.25, 0.3) is 0 Å². The summed E-state index contributed by atoms with van der Waals surface area (Å²) in [4.78, 5) is 0. The Labute approximate surface area is 131 Å². The summed E-state index contributed by atoms with van der Waals surface area (Å²) >= 11 is 12.2. The molecule has 21 heavy (non-hydrogen) atoms. The van der Waals surface area contributed by atoms with Gasteiger partial charge in [-0.05, 0) is 50.2 Å². The number of alkyl halides is 4. The van der Waals surface area contributed by atoms with Gasteiger partial charge in [-0.25, -0.2) is 4.39 Å². The Morgan fingerprint density at radius 1 is 1.14 bits per heavy atom. The van der Waals surface area contributed by atoms with Gasteiger partial charge in [0.2, 0.25) is 0 Å². The van der Waals surface area contributed by atoms with Gasteiger partial charge in [-0.3, -0.25) is 0 Å². The molecule has 0 aromatic heterocycles. The number of hydrogen-bond acceptors (Lipinski definition) is 0. The van der Waals surface area contributed by atoms with Crippen LogP contribution in [0, 0.1) is 17.7 Å². The summed E-state index contributed by atoms with van der Waals surface area (Å²) < 4.78 is 51.6. The van der Waals surface area contributed by atoms with Crippen molar-refractivity contribution < 1.29 is 17.6 Å². The van der Waals surface area contributed by atoms with Gasteiger partial charge in [0.15, 0.2) is 0 Å². The van der Waals surface area contributed by atoms with Crippen LogP contribution in [0.5, 0.6) is 0 Å². The van der Waals surface area contributed by atoms with Crippen molar-refractivity contribution >= 4 is 23.2 Å². The maximum atomic E-state index is 13.7. The first-order valence-electron chi connectivity index (χ1n) is 6.92. The molecule has 1 aromatic rings. The number of hydrogen-bond donors (Lipinski definition) is 0. The van der Waals surface area contributed by atoms with Crippen LogP contribution in [0.4, 0.5) is 17.6 Å². The molecular formula is C15H16Cl2F4. The molecule has 0 bridgehead atoms. The molecule has 0 spiro atoms. The molecule has 1 fully saturated rings. The van der Waals surface area contributed by atoms with Crippen molar-refractivity contribution in [2.75, 3.05) is 0 Å². The van der Waals surface area contributed by atoms with Gasteiger partial charge < -0.3 is 0 Å². The van der Waals surface area contributed by atoms with Gasteiger partial charge in [0.1, 0.15) is 5.82 Å². The molecule has 1 aromatic carbocycles. The van der Waals surface area contributed by atoms with Crippen LogP contribution in [0.3, 0.4) is 0 Å². The van der Waals surface area contributed by atoms with E-state index in [-0.39, 0.29) is 25.2 Å². The molecule has 1 saturated carbocycles. The van der Waals surface area contributed by atoms with E-state index < -0.39 is 23.3 Å². The van der Waals surface area contributed by atoms with Crippen LogP contribution >= 0.6 is 23.2 Å². The maximum absolute atomic E-state index is 13.7. The third kappa shape index (κ3) is 4.26. The fourth-order valence-electron chi connectivity index (χ4n) is 2.90. The third-order valence-electron chi connectivity index (χ3n) is 4.21. The van der Waals surface area contributed by atoms with Crippen LogP contribution in [0.1, 0.15) is 31.2 Å². The summed E-state index contributed by atoms with van der Waals surface area (Å²) in [5, 5.41) is -0.0850. The van der Waals surface area contributed by atoms with Crippen molar-refractivity contribution in [3.05, 3.63) is 34.6 Å². The zero-order chi connectivity index (χ0) is 15.6. The van der Waals surface area contributed by atoms with E-state index >= 15 is 0 Å². The van der Waals surface area contributed by atoms with Gasteiger partial charge in [-0.2, -0.15) is 13.2 Å². The van der Waals surface area contributed by atoms with E-state index in [1.165, 1.54) is 12.1 Å². The fraction of sp³-hybridized carbons (Fsp3) is 0.600. The number of halogens is 6. The predicted molar refractivity (Wildman–Crippen MR) is 76.3 cm³/mol. The summed E-state index contributed by atoms with van der Waals surface area (Å²) in [5.74, 6) is -1.67. The fourth-order valence-corrected chi connectivity index (χ4v) is 3.54. The second kappa shape index (κ2) is 6.74. The molecule has 0 saturated heterocycles. The minimum atomic E-state index is -4.12. The standard InChI is InChI=1S/C15H16Cl2F4/c16-12-2-1-3-14(18)11(12)8-13(17)9-4-6-10(7-5-9)15(19,20)21/h1-3,9-10,13H,4-8H2. The highest BCUT2D eigenvalue weighted by molar-refractivity contribution is 6.31. The third-order valence-corrected chi connectivity index (χ3v) is 5.07. The van der Waals surface area contributed by atoms with E-state index in [9.17, 15) is 17.6 Å². The lowest BCUT2D eigenvalue weighted by Crippen LogP contribution is -2.31. The van der Waals surface area contributed by atoms with Gasteiger partial charge in [-0.1, -0.05) is 17.7 Å². The molecule has 1 unspecified atom stereocenters. The normalized spacial score (nSPS) is 24.9. The highest BCUT2D eigenvalue weighted by Gasteiger charge is 2.42. The highest BCUT2D eigenvalue weighted by Crippen LogP contribution is 2.42. The van der Waals surface area contributed by atoms with Crippen molar-refractivity contribution in [1.29, 1.82) is 0 Å². The molecule has 0 amide bonds. The van der Waals surface area contributed by atoms with E-state index in [0.29, 0.717) is 23.4 Å². The largest absolute Gasteiger partial charge is 0.391 e. The predicted octanol–water partition coefficient (Wildman–Crippen LogP) is 6.00. The SMILES string of the molecule is Fc1cccc(Cl)c1CC(Cl)C1CCC(C(F)(F)F)CC1. The molecule has 6 heteroatoms. The van der Waals surface area contributed by atoms with Crippen LogP contribution in [-0.2, 0) is 6.42 Å². The number of benzene rings is 1. The topological polar surface area (TPSA) is 0 Å². The summed E-state index contributed by atoms with van der Waals surface area (Å²) in [7, 11) is 0. The average molecular weight is 343 g/mol. The molecular weight excluding hydrogens is 327 g/mol. The first-order chi connectivity index (χ1) is 9.79. The molecule has 118 valence electrons. The van der Waals surface area contributed by atoms with E-state index in [2.05, 4.69) is 0 Å². The molecule has 1 aliphatic carbocycles. The van der Waals surface area contributed by atoms with Crippen molar-refractivity contribution in [1.82, 2.24) is 0 Å². The summed E-state index contributed by atoms with van der Waals surface area (Å²) in [6, 6.07) is 4.41. The first-order valence-corrected chi connectivity index (χ1v) is 7.74. The molecule has 0 aliphatic heterocycles. The first kappa shape index (κ1) is 16.9. The lowest BCUT2D eigenvalue weighted by molar-refractivity contribution is -0.183. The molecule has 1 atom stereocenters. The Kier molecular flexibility index (Phi) is 5.42. The minimum Gasteiger partial charge on any atom is -0.207 e. The second-order valence-electron chi connectivity index (χ2n) is 5.57. The number of rotatable bonds is 3. The lowest BCUT2D eigenvalue weighted by atomic mass is 9.79. The lowest BCUT2D eigenvalue weighted by Gasteiger charge is -2.32. The van der Waals surface area contributed by atoms with E-state index in [4.69, 9.17) is 23.2 Å². The van der Waals surface area contributed by atoms with Crippen LogP contribution in [0.2, 0.25) is 5.02 Å². The summed E-state index contributed by atoms with van der Waals surface area (Å²) in [5.41, 5.74) is 0.345. The Morgan fingerprint density at radius 3 is 2.29 bits per heavy atom. The molecule has 0 radical (unpaired) electrons. The van der Waals surface area contributed by atoms with Crippen molar-refractivity contribution in [3.8, 4) is 0 Å². The van der Waals surface area contributed by atoms with E-state index in [1.807, 2.05) is 0 Å². The quantitative estimate of drug-likeness (QED) is 0.467. The monoisotopic (exact) mass is 342 g/mol. The van der Waals surface area contributed by atoms with Crippen molar-refractivity contribution in [2.45, 2.75) is 43.7 Å². The Balaban J connectivity index is 1.95. The minimum absolute atomic E-state index is 0.0269. The average Bonchev–Trinajstić information content (AvgIpc) is 2.42. The van der Waals surface area contributed by atoms with Crippen LogP contribution in [-0.4, -0.2) is 11.6 Å². The van der Waals surface area contributed by atoms with Gasteiger partial charge in [0.25, 0.3) is 0 Å². The van der Waals surface area contributed by atoms with Crippen molar-refractivity contribution in [2.24, 2.45) is 11.8 Å². The molecule has 0 heterocycles. The van der Waals surface area contributed by atoms with Gasteiger partial charge >= 0.3 is 6.18 Å². The summed E-state index contributed by atoms with van der Waals surface area (Å²) in [6.45, 7) is 0. The smallest absolute Gasteiger partial charge is 0.207 e. The van der Waals surface area contributed by atoms with E-state index in [0.717, 1.165) is 0 Å². The Morgan fingerprint density at radius 2 is 1.76 bits per heavy atom. The van der Waals surface area contributed by atoms with Crippen LogP contribution in [0.15, 0.2) is 18.2 Å². The Bertz CT molecular complexity index is 459. The van der Waals surface area contributed by atoms with Gasteiger partial charge in [-0.15, -0.1) is 11.6 Å². The van der Waals surface area contributed by atoms with Gasteiger partial charge in [0.05, 0.1) is 5.92 Å².